The molecule has 0 radical (unpaired) electrons. The summed E-state index contributed by atoms with van der Waals surface area (Å²) in [6.45, 7) is 4.79. The lowest BCUT2D eigenvalue weighted by molar-refractivity contribution is 0.427. The van der Waals surface area contributed by atoms with Gasteiger partial charge in [-0.25, -0.2) is 0 Å². The molecule has 308 valence electrons. The van der Waals surface area contributed by atoms with Crippen LogP contribution in [0.5, 0.6) is 11.5 Å². The lowest BCUT2D eigenvalue weighted by Crippen LogP contribution is -2.43. The molecule has 1 spiro atoms. The van der Waals surface area contributed by atoms with Crippen LogP contribution in [0.15, 0.2) is 229 Å². The zero-order valence-electron chi connectivity index (χ0n) is 36.1. The van der Waals surface area contributed by atoms with Gasteiger partial charge in [-0.05, 0) is 98.2 Å². The summed E-state index contributed by atoms with van der Waals surface area (Å²) in [5, 5.41) is 4.77. The molecule has 2 aliphatic rings. The number of ether oxygens (including phenoxy) is 1. The summed E-state index contributed by atoms with van der Waals surface area (Å²) < 4.78 is 13.6. The molecule has 2 heterocycles. The van der Waals surface area contributed by atoms with Gasteiger partial charge in [-0.3, -0.25) is 0 Å². The Balaban J connectivity index is 0.984. The number of anilines is 3. The van der Waals surface area contributed by atoms with Crippen LogP contribution in [0, 0.1) is 0 Å². The number of fused-ring (bicyclic) bond motifs is 13. The van der Waals surface area contributed by atoms with Gasteiger partial charge in [-0.2, -0.15) is 0 Å². The van der Waals surface area contributed by atoms with E-state index in [1.807, 2.05) is 12.1 Å². The van der Waals surface area contributed by atoms with Crippen molar-refractivity contribution >= 4 is 49.8 Å². The van der Waals surface area contributed by atoms with Crippen molar-refractivity contribution in [2.45, 2.75) is 24.7 Å². The maximum atomic E-state index is 7.17. The Morgan fingerprint density at radius 3 is 1.78 bits per heavy atom. The van der Waals surface area contributed by atoms with Gasteiger partial charge >= 0.3 is 0 Å². The highest BCUT2D eigenvalue weighted by molar-refractivity contribution is 6.06. The average molecular weight is 834 g/mol. The number of furan rings is 1. The molecule has 0 saturated heterocycles. The van der Waals surface area contributed by atoms with Crippen LogP contribution in [0.3, 0.4) is 0 Å². The highest BCUT2D eigenvalue weighted by Crippen LogP contribution is 2.63. The first-order valence-electron chi connectivity index (χ1n) is 22.5. The Morgan fingerprint density at radius 1 is 0.385 bits per heavy atom. The van der Waals surface area contributed by atoms with E-state index in [0.717, 1.165) is 72.8 Å². The third-order valence-electron chi connectivity index (χ3n) is 14.2. The Hall–Kier alpha value is -8.14. The van der Waals surface area contributed by atoms with Crippen LogP contribution >= 0.6 is 0 Å². The molecular formula is C62H43NO2. The van der Waals surface area contributed by atoms with Gasteiger partial charge in [0.05, 0.1) is 5.41 Å². The van der Waals surface area contributed by atoms with E-state index in [1.54, 1.807) is 0 Å². The van der Waals surface area contributed by atoms with E-state index in [4.69, 9.17) is 9.15 Å². The van der Waals surface area contributed by atoms with Crippen LogP contribution in [0.4, 0.5) is 17.1 Å². The summed E-state index contributed by atoms with van der Waals surface area (Å²) in [6, 6.07) is 81.2. The van der Waals surface area contributed by atoms with E-state index in [-0.39, 0.29) is 5.41 Å². The maximum absolute atomic E-state index is 7.17. The minimum atomic E-state index is -0.621. The van der Waals surface area contributed by atoms with Gasteiger partial charge in [-0.15, -0.1) is 0 Å². The zero-order valence-corrected chi connectivity index (χ0v) is 36.1. The molecule has 10 aromatic carbocycles. The summed E-state index contributed by atoms with van der Waals surface area (Å²) in [7, 11) is 0. The van der Waals surface area contributed by atoms with E-state index < -0.39 is 5.41 Å². The second-order valence-corrected chi connectivity index (χ2v) is 18.0. The second-order valence-electron chi connectivity index (χ2n) is 18.0. The normalized spacial score (nSPS) is 15.5. The summed E-state index contributed by atoms with van der Waals surface area (Å²) in [5.41, 5.74) is 16.1. The van der Waals surface area contributed by atoms with Crippen LogP contribution in [0.2, 0.25) is 0 Å². The SMILES string of the molecule is CC1(C)c2ccccc2C2(c3ccccc3Oc3c(-c4ccc(N(c5ccc(-c6ccccc6)cc5)c5ccc6c(c5)oc5ccccc56)cc4)cccc32)c2ccc3ccccc3c21. The molecule has 1 aliphatic carbocycles. The van der Waals surface area contributed by atoms with Crippen molar-refractivity contribution in [2.75, 3.05) is 4.90 Å². The van der Waals surface area contributed by atoms with Crippen molar-refractivity contribution in [1.82, 2.24) is 0 Å². The van der Waals surface area contributed by atoms with E-state index in [9.17, 15) is 0 Å². The molecule has 1 aliphatic heterocycles. The van der Waals surface area contributed by atoms with Gasteiger partial charge in [0.15, 0.2) is 0 Å². The monoisotopic (exact) mass is 833 g/mol. The fourth-order valence-corrected chi connectivity index (χ4v) is 11.3. The van der Waals surface area contributed by atoms with Crippen molar-refractivity contribution in [1.29, 1.82) is 0 Å². The molecule has 0 saturated carbocycles. The largest absolute Gasteiger partial charge is 0.456 e. The number of nitrogens with zero attached hydrogens (tertiary/aromatic N) is 1. The third-order valence-corrected chi connectivity index (χ3v) is 14.2. The fraction of sp³-hybridized carbons (Fsp3) is 0.0645. The Bertz CT molecular complexity index is 3660. The van der Waals surface area contributed by atoms with Crippen molar-refractivity contribution in [2.24, 2.45) is 0 Å². The highest BCUT2D eigenvalue weighted by Gasteiger charge is 2.53. The maximum Gasteiger partial charge on any atom is 0.140 e. The Morgan fingerprint density at radius 2 is 0.985 bits per heavy atom. The van der Waals surface area contributed by atoms with Crippen molar-refractivity contribution < 1.29 is 9.15 Å². The zero-order chi connectivity index (χ0) is 43.3. The summed E-state index contributed by atoms with van der Waals surface area (Å²) in [6.07, 6.45) is 0. The molecule has 0 bridgehead atoms. The van der Waals surface area contributed by atoms with Crippen LogP contribution in [-0.4, -0.2) is 0 Å². The summed E-state index contributed by atoms with van der Waals surface area (Å²) >= 11 is 0. The van der Waals surface area contributed by atoms with E-state index in [0.29, 0.717) is 0 Å². The molecule has 3 heteroatoms. The number of para-hydroxylation sites is 3. The average Bonchev–Trinajstić information content (AvgIpc) is 3.74. The minimum Gasteiger partial charge on any atom is -0.456 e. The van der Waals surface area contributed by atoms with Crippen molar-refractivity contribution in [3.63, 3.8) is 0 Å². The van der Waals surface area contributed by atoms with Crippen molar-refractivity contribution in [3.05, 3.63) is 258 Å². The minimum absolute atomic E-state index is 0.248. The number of rotatable bonds is 5. The van der Waals surface area contributed by atoms with Gasteiger partial charge in [-0.1, -0.05) is 184 Å². The molecule has 11 aromatic rings. The first-order chi connectivity index (χ1) is 32.0. The Kier molecular flexibility index (Phi) is 8.17. The van der Waals surface area contributed by atoms with Crippen LogP contribution in [0.25, 0.3) is 55.0 Å². The van der Waals surface area contributed by atoms with Gasteiger partial charge in [0, 0.05) is 56.0 Å². The molecule has 3 nitrogen and oxygen atoms in total. The van der Waals surface area contributed by atoms with Gasteiger partial charge < -0.3 is 14.1 Å². The van der Waals surface area contributed by atoms with Crippen LogP contribution < -0.4 is 9.64 Å². The summed E-state index contributed by atoms with van der Waals surface area (Å²) in [4.78, 5) is 2.31. The predicted octanol–water partition coefficient (Wildman–Crippen LogP) is 16.7. The number of hydrogen-bond donors (Lipinski definition) is 0. The van der Waals surface area contributed by atoms with Crippen molar-refractivity contribution in [3.8, 4) is 33.8 Å². The van der Waals surface area contributed by atoms with Gasteiger partial charge in [0.25, 0.3) is 0 Å². The molecule has 1 unspecified atom stereocenters. The smallest absolute Gasteiger partial charge is 0.140 e. The second kappa shape index (κ2) is 14.2. The molecular weight excluding hydrogens is 791 g/mol. The molecule has 1 aromatic heterocycles. The van der Waals surface area contributed by atoms with Crippen LogP contribution in [-0.2, 0) is 10.8 Å². The van der Waals surface area contributed by atoms with E-state index in [1.165, 1.54) is 44.2 Å². The number of benzene rings is 10. The van der Waals surface area contributed by atoms with Gasteiger partial charge in [0.2, 0.25) is 0 Å². The topological polar surface area (TPSA) is 25.6 Å². The van der Waals surface area contributed by atoms with Gasteiger partial charge in [0.1, 0.15) is 22.7 Å². The standard InChI is InChI=1S/C62H43NO2/c1-61(2)51-21-9-10-22-52(51)62(54-38-31-42-17-6-7-18-47(42)59(54)61)53-23-11-13-26-57(53)65-60-48(20-14-24-55(60)62)43-29-34-45(35-30-43)63(44-32-27-41(28-33-44)40-15-4-3-5-16-40)46-36-37-50-49-19-8-12-25-56(49)64-58(50)39-46/h3-39H,1-2H3. The van der Waals surface area contributed by atoms with E-state index in [2.05, 4.69) is 231 Å². The molecule has 1 atom stereocenters. The molecule has 13 rings (SSSR count). The third kappa shape index (κ3) is 5.49. The predicted molar refractivity (Wildman–Crippen MR) is 267 cm³/mol. The number of hydrogen-bond acceptors (Lipinski definition) is 3. The molecule has 0 fully saturated rings. The first kappa shape index (κ1) is 37.4. The lowest BCUT2D eigenvalue weighted by atomic mass is 9.53. The van der Waals surface area contributed by atoms with E-state index >= 15 is 0 Å². The summed E-state index contributed by atoms with van der Waals surface area (Å²) in [5.74, 6) is 1.76. The quantitative estimate of drug-likeness (QED) is 0.173. The molecule has 65 heavy (non-hydrogen) atoms. The first-order valence-corrected chi connectivity index (χ1v) is 22.5. The fourth-order valence-electron chi connectivity index (χ4n) is 11.3. The lowest BCUT2D eigenvalue weighted by Gasteiger charge is -2.50. The molecule has 0 amide bonds. The highest BCUT2D eigenvalue weighted by atomic mass is 16.5. The Labute approximate surface area is 378 Å². The molecule has 0 N–H and O–H groups in total. The van der Waals surface area contributed by atoms with Crippen LogP contribution in [0.1, 0.15) is 47.2 Å².